The number of benzene rings is 2. The van der Waals surface area contributed by atoms with Gasteiger partial charge in [0.15, 0.2) is 0 Å². The maximum absolute atomic E-state index is 13.6. The highest BCUT2D eigenvalue weighted by atomic mass is 19.1. The fraction of sp³-hybridized carbons (Fsp3) is 0.133. The predicted molar refractivity (Wildman–Crippen MR) is 69.6 cm³/mol. The van der Waals surface area contributed by atoms with Gasteiger partial charge in [0.05, 0.1) is 17.3 Å². The zero-order chi connectivity index (χ0) is 13.8. The van der Waals surface area contributed by atoms with Crippen LogP contribution in [0.25, 0.3) is 0 Å². The molecule has 1 unspecified atom stereocenters. The normalized spacial score (nSPS) is 11.7. The van der Waals surface area contributed by atoms with E-state index in [9.17, 15) is 8.78 Å². The van der Waals surface area contributed by atoms with Crippen molar-refractivity contribution in [3.8, 4) is 6.07 Å². The van der Waals surface area contributed by atoms with E-state index in [1.54, 1.807) is 25.1 Å². The number of hydrogen-bond donors (Lipinski definition) is 1. The summed E-state index contributed by atoms with van der Waals surface area (Å²) < 4.78 is 26.6. The predicted octanol–water partition coefficient (Wildman–Crippen LogP) is 4.01. The van der Waals surface area contributed by atoms with Crippen LogP contribution in [-0.2, 0) is 0 Å². The Kier molecular flexibility index (Phi) is 3.76. The molecule has 2 rings (SSSR count). The number of nitriles is 1. The van der Waals surface area contributed by atoms with E-state index in [0.717, 1.165) is 6.07 Å². The summed E-state index contributed by atoms with van der Waals surface area (Å²) in [4.78, 5) is 0. The molecular formula is C15H12F2N2. The molecule has 0 saturated heterocycles. The van der Waals surface area contributed by atoms with Crippen LogP contribution in [0.15, 0.2) is 42.5 Å². The van der Waals surface area contributed by atoms with Crippen LogP contribution in [0.5, 0.6) is 0 Å². The summed E-state index contributed by atoms with van der Waals surface area (Å²) in [5.41, 5.74) is 1.18. The first kappa shape index (κ1) is 13.0. The van der Waals surface area contributed by atoms with E-state index in [0.29, 0.717) is 11.3 Å². The zero-order valence-electron chi connectivity index (χ0n) is 10.3. The van der Waals surface area contributed by atoms with Crippen LogP contribution in [0.3, 0.4) is 0 Å². The summed E-state index contributed by atoms with van der Waals surface area (Å²) in [5.74, 6) is -0.788. The molecule has 0 heterocycles. The lowest BCUT2D eigenvalue weighted by Gasteiger charge is -2.17. The van der Waals surface area contributed by atoms with E-state index in [1.165, 1.54) is 18.2 Å². The number of anilines is 1. The summed E-state index contributed by atoms with van der Waals surface area (Å²) >= 11 is 0. The first-order chi connectivity index (χ1) is 9.11. The van der Waals surface area contributed by atoms with E-state index >= 15 is 0 Å². The minimum Gasteiger partial charge on any atom is -0.377 e. The number of nitrogens with zero attached hydrogens (tertiary/aromatic N) is 1. The van der Waals surface area contributed by atoms with Crippen molar-refractivity contribution in [2.75, 3.05) is 5.32 Å². The van der Waals surface area contributed by atoms with Gasteiger partial charge in [-0.05, 0) is 31.2 Å². The van der Waals surface area contributed by atoms with Crippen molar-refractivity contribution in [2.24, 2.45) is 0 Å². The van der Waals surface area contributed by atoms with Gasteiger partial charge in [-0.15, -0.1) is 0 Å². The molecule has 0 saturated carbocycles. The fourth-order valence-corrected chi connectivity index (χ4v) is 1.87. The molecule has 19 heavy (non-hydrogen) atoms. The third kappa shape index (κ3) is 2.89. The molecule has 2 nitrogen and oxygen atoms in total. The van der Waals surface area contributed by atoms with Crippen LogP contribution < -0.4 is 5.32 Å². The summed E-state index contributed by atoms with van der Waals surface area (Å²) in [6.45, 7) is 1.78. The van der Waals surface area contributed by atoms with E-state index in [1.807, 2.05) is 6.07 Å². The number of rotatable bonds is 3. The first-order valence-corrected chi connectivity index (χ1v) is 5.82. The second-order valence-electron chi connectivity index (χ2n) is 4.19. The van der Waals surface area contributed by atoms with E-state index in [4.69, 9.17) is 5.26 Å². The Morgan fingerprint density at radius 1 is 1.16 bits per heavy atom. The third-order valence-corrected chi connectivity index (χ3v) is 2.85. The van der Waals surface area contributed by atoms with Gasteiger partial charge >= 0.3 is 0 Å². The summed E-state index contributed by atoms with van der Waals surface area (Å²) in [6, 6.07) is 11.9. The third-order valence-electron chi connectivity index (χ3n) is 2.85. The van der Waals surface area contributed by atoms with Crippen LogP contribution in [0.4, 0.5) is 14.5 Å². The molecule has 2 aromatic carbocycles. The Balaban J connectivity index is 2.27. The minimum absolute atomic E-state index is 0.197. The van der Waals surface area contributed by atoms with Gasteiger partial charge in [0.25, 0.3) is 0 Å². The molecule has 2 aromatic rings. The number of nitrogens with one attached hydrogen (secondary N) is 1. The summed E-state index contributed by atoms with van der Waals surface area (Å²) in [6.07, 6.45) is 0. The molecule has 0 spiro atoms. The molecule has 0 fully saturated rings. The van der Waals surface area contributed by atoms with Crippen LogP contribution >= 0.6 is 0 Å². The highest BCUT2D eigenvalue weighted by Gasteiger charge is 2.12. The smallest absolute Gasteiger partial charge is 0.128 e. The van der Waals surface area contributed by atoms with Gasteiger partial charge in [0.1, 0.15) is 17.7 Å². The standard InChI is InChI=1S/C15H12F2N2/c1-10(13-4-2-3-5-14(13)17)19-15-7-6-12(16)8-11(15)9-18/h2-8,10,19H,1H3. The van der Waals surface area contributed by atoms with Crippen molar-refractivity contribution in [1.82, 2.24) is 0 Å². The maximum Gasteiger partial charge on any atom is 0.128 e. The highest BCUT2D eigenvalue weighted by molar-refractivity contribution is 5.58. The van der Waals surface area contributed by atoms with Crippen LogP contribution in [-0.4, -0.2) is 0 Å². The molecule has 0 aliphatic carbocycles. The topological polar surface area (TPSA) is 35.8 Å². The molecular weight excluding hydrogens is 246 g/mol. The Morgan fingerprint density at radius 2 is 1.89 bits per heavy atom. The second kappa shape index (κ2) is 5.49. The fourth-order valence-electron chi connectivity index (χ4n) is 1.87. The second-order valence-corrected chi connectivity index (χ2v) is 4.19. The molecule has 4 heteroatoms. The summed E-state index contributed by atoms with van der Waals surface area (Å²) in [7, 11) is 0. The Hall–Kier alpha value is -2.41. The van der Waals surface area contributed by atoms with Crippen LogP contribution in [0.2, 0.25) is 0 Å². The van der Waals surface area contributed by atoms with Gasteiger partial charge in [0.2, 0.25) is 0 Å². The molecule has 0 aliphatic rings. The minimum atomic E-state index is -0.472. The van der Waals surface area contributed by atoms with Gasteiger partial charge in [0, 0.05) is 5.56 Å². The van der Waals surface area contributed by atoms with Crippen molar-refractivity contribution < 1.29 is 8.78 Å². The van der Waals surface area contributed by atoms with Gasteiger partial charge < -0.3 is 5.32 Å². The largest absolute Gasteiger partial charge is 0.377 e. The van der Waals surface area contributed by atoms with Crippen molar-refractivity contribution in [3.05, 3.63) is 65.2 Å². The maximum atomic E-state index is 13.6. The van der Waals surface area contributed by atoms with Crippen molar-refractivity contribution in [1.29, 1.82) is 5.26 Å². The van der Waals surface area contributed by atoms with E-state index in [-0.39, 0.29) is 17.4 Å². The SMILES string of the molecule is CC(Nc1ccc(F)cc1C#N)c1ccccc1F. The zero-order valence-corrected chi connectivity index (χ0v) is 10.3. The molecule has 1 N–H and O–H groups in total. The molecule has 0 amide bonds. The molecule has 0 aliphatic heterocycles. The Labute approximate surface area is 110 Å². The lowest BCUT2D eigenvalue weighted by atomic mass is 10.1. The molecule has 96 valence electrons. The number of halogens is 2. The monoisotopic (exact) mass is 258 g/mol. The van der Waals surface area contributed by atoms with Gasteiger partial charge in [-0.25, -0.2) is 8.78 Å². The van der Waals surface area contributed by atoms with Gasteiger partial charge in [-0.2, -0.15) is 5.26 Å². The van der Waals surface area contributed by atoms with E-state index in [2.05, 4.69) is 5.32 Å². The number of hydrogen-bond acceptors (Lipinski definition) is 2. The molecule has 0 aromatic heterocycles. The Morgan fingerprint density at radius 3 is 2.58 bits per heavy atom. The van der Waals surface area contributed by atoms with Crippen LogP contribution in [0.1, 0.15) is 24.1 Å². The van der Waals surface area contributed by atoms with Crippen molar-refractivity contribution in [2.45, 2.75) is 13.0 Å². The highest BCUT2D eigenvalue weighted by Crippen LogP contribution is 2.24. The average molecular weight is 258 g/mol. The van der Waals surface area contributed by atoms with Crippen molar-refractivity contribution >= 4 is 5.69 Å². The van der Waals surface area contributed by atoms with Crippen molar-refractivity contribution in [3.63, 3.8) is 0 Å². The molecule has 1 atom stereocenters. The first-order valence-electron chi connectivity index (χ1n) is 5.82. The van der Waals surface area contributed by atoms with Gasteiger partial charge in [-0.3, -0.25) is 0 Å². The lowest BCUT2D eigenvalue weighted by Crippen LogP contribution is -2.09. The lowest BCUT2D eigenvalue weighted by molar-refractivity contribution is 0.600. The molecule has 0 bridgehead atoms. The van der Waals surface area contributed by atoms with Gasteiger partial charge in [-0.1, -0.05) is 18.2 Å². The van der Waals surface area contributed by atoms with E-state index < -0.39 is 5.82 Å². The van der Waals surface area contributed by atoms with Crippen LogP contribution in [0, 0.1) is 23.0 Å². The molecule has 0 radical (unpaired) electrons. The average Bonchev–Trinajstić information content (AvgIpc) is 2.41. The quantitative estimate of drug-likeness (QED) is 0.902. The Bertz CT molecular complexity index is 632. The summed E-state index contributed by atoms with van der Waals surface area (Å²) in [5, 5.41) is 12.0.